The van der Waals surface area contributed by atoms with E-state index in [4.69, 9.17) is 11.6 Å². The third-order valence-electron chi connectivity index (χ3n) is 4.47. The van der Waals surface area contributed by atoms with Crippen molar-refractivity contribution in [1.82, 2.24) is 19.9 Å². The monoisotopic (exact) mass is 348 g/mol. The van der Waals surface area contributed by atoms with Gasteiger partial charge in [0.15, 0.2) is 5.69 Å². The van der Waals surface area contributed by atoms with E-state index >= 15 is 0 Å². The van der Waals surface area contributed by atoms with Crippen LogP contribution in [0.25, 0.3) is 5.69 Å². The fourth-order valence-electron chi connectivity index (χ4n) is 3.12. The normalized spacial score (nSPS) is 20.8. The Morgan fingerprint density at radius 3 is 2.96 bits per heavy atom. The number of carbonyl (C=O) groups is 1. The highest BCUT2D eigenvalue weighted by Crippen LogP contribution is 2.25. The summed E-state index contributed by atoms with van der Waals surface area (Å²) >= 11 is 5.97. The smallest absolute Gasteiger partial charge is 0.275 e. The summed E-state index contributed by atoms with van der Waals surface area (Å²) in [5, 5.41) is 19.0. The molecule has 3 rings (SSSR count). The Kier molecular flexibility index (Phi) is 5.16. The van der Waals surface area contributed by atoms with E-state index < -0.39 is 0 Å². The third-order valence-corrected chi connectivity index (χ3v) is 4.71. The molecule has 0 radical (unpaired) electrons. The zero-order valence-corrected chi connectivity index (χ0v) is 14.4. The molecule has 24 heavy (non-hydrogen) atoms. The predicted molar refractivity (Wildman–Crippen MR) is 91.3 cm³/mol. The van der Waals surface area contributed by atoms with Crippen molar-refractivity contribution in [2.45, 2.75) is 31.8 Å². The Labute approximate surface area is 146 Å². The minimum Gasteiger partial charge on any atom is -0.393 e. The molecule has 0 spiro atoms. The summed E-state index contributed by atoms with van der Waals surface area (Å²) in [5.74, 6) is -0.0586. The maximum absolute atomic E-state index is 12.5. The third kappa shape index (κ3) is 3.76. The van der Waals surface area contributed by atoms with Crippen LogP contribution >= 0.6 is 11.6 Å². The fourth-order valence-corrected chi connectivity index (χ4v) is 3.30. The number of benzene rings is 1. The molecule has 2 unspecified atom stereocenters. The summed E-state index contributed by atoms with van der Waals surface area (Å²) in [7, 11) is 1.74. The predicted octanol–water partition coefficient (Wildman–Crippen LogP) is 2.54. The molecule has 1 aliphatic carbocycles. The first-order chi connectivity index (χ1) is 11.5. The van der Waals surface area contributed by atoms with Gasteiger partial charge in [-0.1, -0.05) is 30.5 Å². The van der Waals surface area contributed by atoms with Gasteiger partial charge in [0.25, 0.3) is 5.91 Å². The zero-order valence-electron chi connectivity index (χ0n) is 13.6. The lowest BCUT2D eigenvalue weighted by atomic mass is 9.86. The molecule has 0 aliphatic heterocycles. The maximum atomic E-state index is 12.5. The molecule has 2 atom stereocenters. The number of carbonyl (C=O) groups excluding carboxylic acids is 1. The van der Waals surface area contributed by atoms with E-state index in [1.807, 2.05) is 6.07 Å². The van der Waals surface area contributed by atoms with Crippen LogP contribution in [0.15, 0.2) is 30.5 Å². The van der Waals surface area contributed by atoms with Gasteiger partial charge in [-0.3, -0.25) is 4.79 Å². The van der Waals surface area contributed by atoms with E-state index in [1.54, 1.807) is 30.1 Å². The second kappa shape index (κ2) is 7.32. The summed E-state index contributed by atoms with van der Waals surface area (Å²) in [6, 6.07) is 7.13. The standard InChI is InChI=1S/C17H21ClN4O2/c1-21(11-12-5-2-3-8-16(12)23)17(24)15-10-19-22(20-15)14-7-4-6-13(18)9-14/h4,6-7,9-10,12,16,23H,2-3,5,8,11H2,1H3. The Balaban J connectivity index is 1.69. The van der Waals surface area contributed by atoms with E-state index in [-0.39, 0.29) is 23.6 Å². The van der Waals surface area contributed by atoms with Gasteiger partial charge >= 0.3 is 0 Å². The van der Waals surface area contributed by atoms with Crippen LogP contribution in [-0.4, -0.2) is 50.6 Å². The van der Waals surface area contributed by atoms with E-state index in [2.05, 4.69) is 10.2 Å². The first kappa shape index (κ1) is 16.9. The van der Waals surface area contributed by atoms with E-state index in [1.165, 1.54) is 11.0 Å². The first-order valence-electron chi connectivity index (χ1n) is 8.16. The highest BCUT2D eigenvalue weighted by Gasteiger charge is 2.26. The van der Waals surface area contributed by atoms with Crippen molar-refractivity contribution in [3.05, 3.63) is 41.2 Å². The summed E-state index contributed by atoms with van der Waals surface area (Å²) in [6.07, 6.45) is 5.07. The minimum absolute atomic E-state index is 0.135. The number of aromatic nitrogens is 3. The number of rotatable bonds is 4. The molecular weight excluding hydrogens is 328 g/mol. The molecule has 1 aromatic heterocycles. The molecule has 1 amide bonds. The number of aliphatic hydroxyl groups excluding tert-OH is 1. The average Bonchev–Trinajstić information content (AvgIpc) is 3.06. The minimum atomic E-state index is -0.323. The van der Waals surface area contributed by atoms with Crippen LogP contribution in [0.5, 0.6) is 0 Å². The lowest BCUT2D eigenvalue weighted by Gasteiger charge is -2.30. The number of halogens is 1. The number of hydrogen-bond acceptors (Lipinski definition) is 4. The van der Waals surface area contributed by atoms with Crippen LogP contribution in [0.4, 0.5) is 0 Å². The SMILES string of the molecule is CN(CC1CCCCC1O)C(=O)c1cnn(-c2cccc(Cl)c2)n1. The Morgan fingerprint density at radius 2 is 2.21 bits per heavy atom. The molecule has 0 bridgehead atoms. The van der Waals surface area contributed by atoms with Gasteiger partial charge in [-0.2, -0.15) is 9.90 Å². The Bertz CT molecular complexity index is 718. The van der Waals surface area contributed by atoms with Gasteiger partial charge < -0.3 is 10.0 Å². The molecule has 7 heteroatoms. The molecule has 2 aromatic rings. The molecule has 0 saturated heterocycles. The van der Waals surface area contributed by atoms with Gasteiger partial charge in [-0.05, 0) is 31.0 Å². The van der Waals surface area contributed by atoms with Gasteiger partial charge in [0.2, 0.25) is 0 Å². The number of amides is 1. The second-order valence-corrected chi connectivity index (χ2v) is 6.73. The lowest BCUT2D eigenvalue weighted by Crippen LogP contribution is -2.38. The molecule has 1 heterocycles. The van der Waals surface area contributed by atoms with Crippen molar-refractivity contribution in [2.24, 2.45) is 5.92 Å². The summed E-state index contributed by atoms with van der Waals surface area (Å²) in [4.78, 5) is 15.5. The molecule has 6 nitrogen and oxygen atoms in total. The molecule has 1 aromatic carbocycles. The molecular formula is C17H21ClN4O2. The van der Waals surface area contributed by atoms with Crippen molar-refractivity contribution in [3.63, 3.8) is 0 Å². The van der Waals surface area contributed by atoms with Gasteiger partial charge in [0, 0.05) is 24.5 Å². The quantitative estimate of drug-likeness (QED) is 0.921. The molecule has 1 fully saturated rings. The highest BCUT2D eigenvalue weighted by molar-refractivity contribution is 6.30. The van der Waals surface area contributed by atoms with Crippen molar-refractivity contribution in [1.29, 1.82) is 0 Å². The largest absolute Gasteiger partial charge is 0.393 e. The van der Waals surface area contributed by atoms with Gasteiger partial charge in [0.1, 0.15) is 0 Å². The highest BCUT2D eigenvalue weighted by atomic mass is 35.5. The maximum Gasteiger partial charge on any atom is 0.275 e. The van der Waals surface area contributed by atoms with Crippen LogP contribution in [-0.2, 0) is 0 Å². The van der Waals surface area contributed by atoms with E-state index in [9.17, 15) is 9.90 Å². The first-order valence-corrected chi connectivity index (χ1v) is 8.54. The average molecular weight is 349 g/mol. The number of nitrogens with zero attached hydrogens (tertiary/aromatic N) is 4. The van der Waals surface area contributed by atoms with Gasteiger partial charge in [-0.25, -0.2) is 0 Å². The lowest BCUT2D eigenvalue weighted by molar-refractivity contribution is 0.0448. The van der Waals surface area contributed by atoms with Crippen molar-refractivity contribution in [3.8, 4) is 5.69 Å². The molecule has 1 aliphatic rings. The van der Waals surface area contributed by atoms with Crippen molar-refractivity contribution >= 4 is 17.5 Å². The van der Waals surface area contributed by atoms with Crippen LogP contribution < -0.4 is 0 Å². The molecule has 1 N–H and O–H groups in total. The molecule has 1 saturated carbocycles. The van der Waals surface area contributed by atoms with E-state index in [0.29, 0.717) is 17.3 Å². The summed E-state index contributed by atoms with van der Waals surface area (Å²) in [6.45, 7) is 0.532. The molecule has 128 valence electrons. The summed E-state index contributed by atoms with van der Waals surface area (Å²) < 4.78 is 0. The fraction of sp³-hybridized carbons (Fsp3) is 0.471. The summed E-state index contributed by atoms with van der Waals surface area (Å²) in [5.41, 5.74) is 0.981. The zero-order chi connectivity index (χ0) is 17.1. The van der Waals surface area contributed by atoms with Crippen LogP contribution in [0, 0.1) is 5.92 Å². The van der Waals surface area contributed by atoms with Crippen LogP contribution in [0.2, 0.25) is 5.02 Å². The Hall–Kier alpha value is -1.92. The van der Waals surface area contributed by atoms with Crippen molar-refractivity contribution < 1.29 is 9.90 Å². The topological polar surface area (TPSA) is 71.2 Å². The number of hydrogen-bond donors (Lipinski definition) is 1. The van der Waals surface area contributed by atoms with Gasteiger partial charge in [-0.15, -0.1) is 5.10 Å². The Morgan fingerprint density at radius 1 is 1.42 bits per heavy atom. The van der Waals surface area contributed by atoms with Crippen molar-refractivity contribution in [2.75, 3.05) is 13.6 Å². The van der Waals surface area contributed by atoms with Crippen LogP contribution in [0.3, 0.4) is 0 Å². The van der Waals surface area contributed by atoms with E-state index in [0.717, 1.165) is 25.7 Å². The van der Waals surface area contributed by atoms with Crippen LogP contribution in [0.1, 0.15) is 36.2 Å². The van der Waals surface area contributed by atoms with Gasteiger partial charge in [0.05, 0.1) is 18.0 Å². The second-order valence-electron chi connectivity index (χ2n) is 6.30. The number of aliphatic hydroxyl groups is 1.